The summed E-state index contributed by atoms with van der Waals surface area (Å²) in [6, 6.07) is 0. The quantitative estimate of drug-likeness (QED) is 0.843. The fourth-order valence-corrected chi connectivity index (χ4v) is 3.31. The van der Waals surface area contributed by atoms with Crippen LogP contribution >= 0.6 is 11.6 Å². The number of hydrogen-bond acceptors (Lipinski definition) is 5. The number of nitrogens with zero attached hydrogens (tertiary/aromatic N) is 3. The summed E-state index contributed by atoms with van der Waals surface area (Å²) in [5.41, 5.74) is -0.00708. The van der Waals surface area contributed by atoms with Crippen molar-refractivity contribution < 1.29 is 8.42 Å². The van der Waals surface area contributed by atoms with Crippen LogP contribution in [0.2, 0.25) is 5.28 Å². The molecule has 1 fully saturated rings. The van der Waals surface area contributed by atoms with Crippen LogP contribution in [-0.2, 0) is 10.0 Å². The van der Waals surface area contributed by atoms with Crippen LogP contribution < -0.4 is 4.72 Å². The van der Waals surface area contributed by atoms with E-state index in [2.05, 4.69) is 33.6 Å². The number of nitrogens with one attached hydrogen (secondary N) is 1. The molecule has 0 spiro atoms. The van der Waals surface area contributed by atoms with E-state index in [0.717, 1.165) is 25.9 Å². The van der Waals surface area contributed by atoms with Crippen LogP contribution in [0.3, 0.4) is 0 Å². The molecule has 1 saturated heterocycles. The van der Waals surface area contributed by atoms with Crippen LogP contribution in [-0.4, -0.2) is 50.0 Å². The van der Waals surface area contributed by atoms with Crippen molar-refractivity contribution in [3.63, 3.8) is 0 Å². The van der Waals surface area contributed by atoms with Crippen molar-refractivity contribution in [2.45, 2.75) is 24.7 Å². The Morgan fingerprint density at radius 3 is 2.45 bits per heavy atom. The predicted molar refractivity (Wildman–Crippen MR) is 77.1 cm³/mol. The summed E-state index contributed by atoms with van der Waals surface area (Å²) in [5, 5.41) is 0.0335. The first-order valence-electron chi connectivity index (χ1n) is 6.47. The Morgan fingerprint density at radius 1 is 1.35 bits per heavy atom. The van der Waals surface area contributed by atoms with Gasteiger partial charge in [-0.05, 0) is 50.0 Å². The first kappa shape index (κ1) is 15.6. The molecule has 8 heteroatoms. The van der Waals surface area contributed by atoms with E-state index in [-0.39, 0.29) is 15.6 Å². The first-order valence-corrected chi connectivity index (χ1v) is 8.33. The molecule has 1 N–H and O–H groups in total. The van der Waals surface area contributed by atoms with Gasteiger partial charge in [-0.15, -0.1) is 0 Å². The van der Waals surface area contributed by atoms with Gasteiger partial charge in [0.25, 0.3) is 0 Å². The zero-order chi connectivity index (χ0) is 14.8. The molecule has 1 aliphatic heterocycles. The van der Waals surface area contributed by atoms with Gasteiger partial charge >= 0.3 is 0 Å². The van der Waals surface area contributed by atoms with E-state index in [4.69, 9.17) is 11.6 Å². The second-order valence-electron chi connectivity index (χ2n) is 5.63. The number of halogens is 1. The van der Waals surface area contributed by atoms with E-state index in [1.165, 1.54) is 12.4 Å². The molecule has 0 radical (unpaired) electrons. The zero-order valence-electron chi connectivity index (χ0n) is 11.6. The highest BCUT2D eigenvalue weighted by atomic mass is 35.5. The third-order valence-electron chi connectivity index (χ3n) is 3.79. The molecule has 0 bridgehead atoms. The Labute approximate surface area is 124 Å². The van der Waals surface area contributed by atoms with Crippen molar-refractivity contribution in [3.05, 3.63) is 17.7 Å². The maximum Gasteiger partial charge on any atom is 0.243 e. The number of hydrogen-bond donors (Lipinski definition) is 1. The van der Waals surface area contributed by atoms with Crippen molar-refractivity contribution in [2.75, 3.05) is 26.7 Å². The van der Waals surface area contributed by atoms with Crippen molar-refractivity contribution in [1.82, 2.24) is 19.6 Å². The van der Waals surface area contributed by atoms with Crippen molar-refractivity contribution in [1.29, 1.82) is 0 Å². The topological polar surface area (TPSA) is 75.2 Å². The van der Waals surface area contributed by atoms with Gasteiger partial charge in [0.05, 0.1) is 12.4 Å². The van der Waals surface area contributed by atoms with Crippen LogP contribution in [0.5, 0.6) is 0 Å². The minimum absolute atomic E-state index is 0.00708. The zero-order valence-corrected chi connectivity index (χ0v) is 13.2. The van der Waals surface area contributed by atoms with E-state index < -0.39 is 10.0 Å². The Hall–Kier alpha value is -0.760. The molecule has 0 aromatic carbocycles. The van der Waals surface area contributed by atoms with E-state index >= 15 is 0 Å². The highest BCUT2D eigenvalue weighted by molar-refractivity contribution is 7.89. The molecule has 6 nitrogen and oxygen atoms in total. The van der Waals surface area contributed by atoms with Crippen LogP contribution in [0.1, 0.15) is 19.8 Å². The van der Waals surface area contributed by atoms with E-state index in [1.54, 1.807) is 0 Å². The Balaban J connectivity index is 2.00. The summed E-state index contributed by atoms with van der Waals surface area (Å²) >= 11 is 5.55. The van der Waals surface area contributed by atoms with Gasteiger partial charge in [-0.2, -0.15) is 0 Å². The summed E-state index contributed by atoms with van der Waals surface area (Å²) < 4.78 is 26.9. The Kier molecular flexibility index (Phi) is 4.63. The molecular weight excluding hydrogens is 300 g/mol. The lowest BCUT2D eigenvalue weighted by molar-refractivity contribution is 0.143. The van der Waals surface area contributed by atoms with Gasteiger partial charge in [-0.25, -0.2) is 23.1 Å². The monoisotopic (exact) mass is 318 g/mol. The van der Waals surface area contributed by atoms with Gasteiger partial charge in [0.2, 0.25) is 15.3 Å². The van der Waals surface area contributed by atoms with Gasteiger partial charge < -0.3 is 4.90 Å². The van der Waals surface area contributed by atoms with Crippen molar-refractivity contribution in [3.8, 4) is 0 Å². The largest absolute Gasteiger partial charge is 0.306 e. The molecule has 1 aromatic rings. The average molecular weight is 319 g/mol. The molecule has 1 aromatic heterocycles. The Morgan fingerprint density at radius 2 is 1.90 bits per heavy atom. The average Bonchev–Trinajstić information content (AvgIpc) is 2.41. The van der Waals surface area contributed by atoms with Gasteiger partial charge in [-0.3, -0.25) is 0 Å². The minimum Gasteiger partial charge on any atom is -0.306 e. The van der Waals surface area contributed by atoms with E-state index in [9.17, 15) is 8.42 Å². The van der Waals surface area contributed by atoms with Gasteiger partial charge in [-0.1, -0.05) is 6.92 Å². The first-order chi connectivity index (χ1) is 9.31. The lowest BCUT2D eigenvalue weighted by atomic mass is 9.81. The second kappa shape index (κ2) is 5.93. The maximum absolute atomic E-state index is 12.1. The predicted octanol–water partition coefficient (Wildman–Crippen LogP) is 1.14. The molecule has 112 valence electrons. The smallest absolute Gasteiger partial charge is 0.243 e. The molecule has 0 atom stereocenters. The molecule has 0 unspecified atom stereocenters. The number of likely N-dealkylation sites (tertiary alicyclic amines) is 1. The number of sulfonamides is 1. The maximum atomic E-state index is 12.1. The van der Waals surface area contributed by atoms with Crippen LogP contribution in [0.25, 0.3) is 0 Å². The highest BCUT2D eigenvalue weighted by Gasteiger charge is 2.30. The SMILES string of the molecule is CN1CCC(C)(CNS(=O)(=O)c2cnc(Cl)nc2)CC1. The van der Waals surface area contributed by atoms with E-state index in [1.807, 2.05) is 0 Å². The third-order valence-corrected chi connectivity index (χ3v) is 5.34. The third kappa shape index (κ3) is 3.88. The highest BCUT2D eigenvalue weighted by Crippen LogP contribution is 2.29. The standard InChI is InChI=1S/C12H19ClN4O2S/c1-12(3-5-17(2)6-4-12)9-16-20(18,19)10-7-14-11(13)15-8-10/h7-8,16H,3-6,9H2,1-2H3. The van der Waals surface area contributed by atoms with Crippen LogP contribution in [0, 0.1) is 5.41 Å². The van der Waals surface area contributed by atoms with Crippen LogP contribution in [0.4, 0.5) is 0 Å². The summed E-state index contributed by atoms with van der Waals surface area (Å²) in [6.07, 6.45) is 4.38. The normalized spacial score (nSPS) is 19.9. The summed E-state index contributed by atoms with van der Waals surface area (Å²) in [4.78, 5) is 9.69. The van der Waals surface area contributed by atoms with Crippen molar-refractivity contribution >= 4 is 21.6 Å². The second-order valence-corrected chi connectivity index (χ2v) is 7.73. The number of aromatic nitrogens is 2. The summed E-state index contributed by atoms with van der Waals surface area (Å²) in [6.45, 7) is 4.51. The van der Waals surface area contributed by atoms with Gasteiger partial charge in [0, 0.05) is 6.54 Å². The summed E-state index contributed by atoms with van der Waals surface area (Å²) in [5.74, 6) is 0. The molecule has 2 heterocycles. The summed E-state index contributed by atoms with van der Waals surface area (Å²) in [7, 11) is -1.50. The van der Waals surface area contributed by atoms with E-state index in [0.29, 0.717) is 6.54 Å². The van der Waals surface area contributed by atoms with Crippen LogP contribution in [0.15, 0.2) is 17.3 Å². The molecule has 1 aliphatic rings. The molecule has 0 saturated carbocycles. The fourth-order valence-electron chi connectivity index (χ4n) is 2.13. The molecule has 0 amide bonds. The fraction of sp³-hybridized carbons (Fsp3) is 0.667. The molecule has 20 heavy (non-hydrogen) atoms. The molecular formula is C12H19ClN4O2S. The number of piperidine rings is 1. The van der Waals surface area contributed by atoms with Gasteiger partial charge in [0.15, 0.2) is 0 Å². The lowest BCUT2D eigenvalue weighted by Crippen LogP contribution is -2.43. The lowest BCUT2D eigenvalue weighted by Gasteiger charge is -2.37. The number of rotatable bonds is 4. The van der Waals surface area contributed by atoms with Gasteiger partial charge in [0.1, 0.15) is 4.90 Å². The molecule has 2 rings (SSSR count). The molecule has 0 aliphatic carbocycles. The Bertz CT molecular complexity index is 553. The minimum atomic E-state index is -3.58. The van der Waals surface area contributed by atoms with Crippen molar-refractivity contribution in [2.24, 2.45) is 5.41 Å².